The first-order valence-electron chi connectivity index (χ1n) is 5.79. The predicted molar refractivity (Wildman–Crippen MR) is 63.4 cm³/mol. The van der Waals surface area contributed by atoms with Crippen LogP contribution in [-0.4, -0.2) is 52.4 Å². The second-order valence-corrected chi connectivity index (χ2v) is 4.46. The van der Waals surface area contributed by atoms with E-state index in [-0.39, 0.29) is 17.1 Å². The van der Waals surface area contributed by atoms with Crippen molar-refractivity contribution in [2.24, 2.45) is 0 Å². The van der Waals surface area contributed by atoms with Gasteiger partial charge in [-0.1, -0.05) is 0 Å². The van der Waals surface area contributed by atoms with Gasteiger partial charge >= 0.3 is 0 Å². The molecule has 0 spiro atoms. The Morgan fingerprint density at radius 2 is 2.00 bits per heavy atom. The monoisotopic (exact) mass is 273 g/mol. The second-order valence-electron chi connectivity index (χ2n) is 4.46. The molecule has 0 amide bonds. The summed E-state index contributed by atoms with van der Waals surface area (Å²) in [6, 6.07) is 0.465. The average molecular weight is 273 g/mol. The number of phenols is 1. The van der Waals surface area contributed by atoms with E-state index >= 15 is 0 Å². The Hall–Kier alpha value is -1.41. The first-order valence-corrected chi connectivity index (χ1v) is 5.79. The molecule has 6 nitrogen and oxygen atoms in total. The number of halogens is 1. The summed E-state index contributed by atoms with van der Waals surface area (Å²) < 4.78 is 18.7. The Morgan fingerprint density at radius 3 is 2.53 bits per heavy atom. The SMILES string of the molecule is COc1cc(F)c([C@H]2N[C@H](CO)[C@@H](O)[C@@H]2O)cc1O. The Morgan fingerprint density at radius 1 is 1.32 bits per heavy atom. The quantitative estimate of drug-likeness (QED) is 0.497. The molecule has 106 valence electrons. The van der Waals surface area contributed by atoms with Crippen molar-refractivity contribution in [3.05, 3.63) is 23.5 Å². The fourth-order valence-electron chi connectivity index (χ4n) is 2.26. The van der Waals surface area contributed by atoms with Crippen molar-refractivity contribution in [2.45, 2.75) is 24.3 Å². The van der Waals surface area contributed by atoms with E-state index < -0.39 is 36.7 Å². The second kappa shape index (κ2) is 5.30. The van der Waals surface area contributed by atoms with Gasteiger partial charge in [-0.2, -0.15) is 0 Å². The number of methoxy groups -OCH3 is 1. The molecule has 0 unspecified atom stereocenters. The minimum Gasteiger partial charge on any atom is -0.504 e. The maximum absolute atomic E-state index is 13.9. The number of hydrogen-bond acceptors (Lipinski definition) is 6. The number of nitrogens with one attached hydrogen (secondary N) is 1. The summed E-state index contributed by atoms with van der Waals surface area (Å²) in [6.45, 7) is -0.390. The molecule has 1 aliphatic heterocycles. The Labute approximate surface area is 109 Å². The molecule has 0 aliphatic carbocycles. The van der Waals surface area contributed by atoms with Gasteiger partial charge in [0.25, 0.3) is 0 Å². The number of aliphatic hydroxyl groups excluding tert-OH is 3. The van der Waals surface area contributed by atoms with E-state index in [0.29, 0.717) is 0 Å². The lowest BCUT2D eigenvalue weighted by Gasteiger charge is -2.18. The zero-order chi connectivity index (χ0) is 14.2. The third-order valence-corrected chi connectivity index (χ3v) is 3.33. The van der Waals surface area contributed by atoms with Crippen molar-refractivity contribution in [1.29, 1.82) is 0 Å². The van der Waals surface area contributed by atoms with Crippen LogP contribution in [0.2, 0.25) is 0 Å². The number of ether oxygens (including phenoxy) is 1. The molecule has 1 aromatic rings. The molecule has 0 aromatic heterocycles. The van der Waals surface area contributed by atoms with E-state index in [9.17, 15) is 19.7 Å². The molecule has 19 heavy (non-hydrogen) atoms. The predicted octanol–water partition coefficient (Wildman–Crippen LogP) is -0.733. The minimum atomic E-state index is -1.28. The number of hydrogen-bond donors (Lipinski definition) is 5. The Kier molecular flexibility index (Phi) is 3.91. The van der Waals surface area contributed by atoms with Crippen molar-refractivity contribution >= 4 is 0 Å². The molecule has 5 N–H and O–H groups in total. The number of aromatic hydroxyl groups is 1. The molecule has 0 radical (unpaired) electrons. The van der Waals surface area contributed by atoms with Crippen LogP contribution in [0.5, 0.6) is 11.5 Å². The molecule has 0 saturated carbocycles. The summed E-state index contributed by atoms with van der Waals surface area (Å²) in [6.07, 6.45) is -2.49. The third-order valence-electron chi connectivity index (χ3n) is 3.33. The summed E-state index contributed by atoms with van der Waals surface area (Å²) >= 11 is 0. The van der Waals surface area contributed by atoms with E-state index in [0.717, 1.165) is 12.1 Å². The van der Waals surface area contributed by atoms with Gasteiger partial charge in [-0.15, -0.1) is 0 Å². The van der Waals surface area contributed by atoms with Gasteiger partial charge in [0.2, 0.25) is 0 Å². The topological polar surface area (TPSA) is 102 Å². The molecular formula is C12H16FNO5. The lowest BCUT2D eigenvalue weighted by atomic mass is 10.00. The Bertz CT molecular complexity index is 470. The fourth-order valence-corrected chi connectivity index (χ4v) is 2.26. The van der Waals surface area contributed by atoms with Crippen LogP contribution in [0.25, 0.3) is 0 Å². The van der Waals surface area contributed by atoms with Gasteiger partial charge in [-0.25, -0.2) is 4.39 Å². The number of benzene rings is 1. The van der Waals surface area contributed by atoms with Gasteiger partial charge < -0.3 is 30.5 Å². The molecule has 1 fully saturated rings. The Balaban J connectivity index is 2.35. The maximum atomic E-state index is 13.9. The summed E-state index contributed by atoms with van der Waals surface area (Å²) in [5, 5.41) is 40.9. The summed E-state index contributed by atoms with van der Waals surface area (Å²) in [4.78, 5) is 0. The van der Waals surface area contributed by atoms with Crippen molar-refractivity contribution in [2.75, 3.05) is 13.7 Å². The van der Waals surface area contributed by atoms with E-state index in [1.165, 1.54) is 7.11 Å². The molecule has 2 rings (SSSR count). The van der Waals surface area contributed by atoms with Crippen molar-refractivity contribution in [1.82, 2.24) is 5.32 Å². The lowest BCUT2D eigenvalue weighted by molar-refractivity contribution is 0.0191. The first-order chi connectivity index (χ1) is 8.99. The van der Waals surface area contributed by atoms with Crippen LogP contribution in [0.4, 0.5) is 4.39 Å². The summed E-state index contributed by atoms with van der Waals surface area (Å²) in [7, 11) is 1.29. The van der Waals surface area contributed by atoms with E-state index in [4.69, 9.17) is 9.84 Å². The molecule has 7 heteroatoms. The van der Waals surface area contributed by atoms with Gasteiger partial charge in [0.1, 0.15) is 11.9 Å². The van der Waals surface area contributed by atoms with Crippen LogP contribution >= 0.6 is 0 Å². The summed E-state index contributed by atoms with van der Waals surface area (Å²) in [5.74, 6) is -0.972. The van der Waals surface area contributed by atoms with Gasteiger partial charge in [0.15, 0.2) is 11.5 Å². The number of rotatable bonds is 3. The average Bonchev–Trinajstić information content (AvgIpc) is 2.68. The molecule has 4 atom stereocenters. The normalized spacial score (nSPS) is 30.6. The van der Waals surface area contributed by atoms with E-state index in [1.807, 2.05) is 0 Å². The standard InChI is InChI=1S/C12H16FNO5/c1-19-9-3-6(13)5(2-8(9)16)10-12(18)11(17)7(4-15)14-10/h2-3,7,10-12,14-18H,4H2,1H3/t7-,10-,11-,12-/m1/s1. The molecule has 1 heterocycles. The highest BCUT2D eigenvalue weighted by Crippen LogP contribution is 2.35. The van der Waals surface area contributed by atoms with Crippen molar-refractivity contribution in [3.8, 4) is 11.5 Å². The van der Waals surface area contributed by atoms with Gasteiger partial charge in [-0.05, 0) is 6.07 Å². The van der Waals surface area contributed by atoms with Gasteiger partial charge in [-0.3, -0.25) is 0 Å². The van der Waals surface area contributed by atoms with Crippen LogP contribution in [0, 0.1) is 5.82 Å². The molecule has 1 aliphatic rings. The highest BCUT2D eigenvalue weighted by molar-refractivity contribution is 5.44. The van der Waals surface area contributed by atoms with Crippen LogP contribution in [-0.2, 0) is 0 Å². The fraction of sp³-hybridized carbons (Fsp3) is 0.500. The smallest absolute Gasteiger partial charge is 0.163 e. The highest BCUT2D eigenvalue weighted by atomic mass is 19.1. The van der Waals surface area contributed by atoms with Crippen LogP contribution < -0.4 is 10.1 Å². The van der Waals surface area contributed by atoms with E-state index in [2.05, 4.69) is 5.32 Å². The molecule has 1 saturated heterocycles. The zero-order valence-electron chi connectivity index (χ0n) is 10.2. The van der Waals surface area contributed by atoms with Gasteiger partial charge in [0.05, 0.1) is 31.9 Å². The molecule has 1 aromatic carbocycles. The minimum absolute atomic E-state index is 0.000741. The lowest BCUT2D eigenvalue weighted by Crippen LogP contribution is -2.35. The van der Waals surface area contributed by atoms with Crippen LogP contribution in [0.1, 0.15) is 11.6 Å². The van der Waals surface area contributed by atoms with Crippen molar-refractivity contribution < 1.29 is 29.6 Å². The third kappa shape index (κ3) is 2.37. The van der Waals surface area contributed by atoms with E-state index in [1.54, 1.807) is 0 Å². The van der Waals surface area contributed by atoms with Crippen molar-refractivity contribution in [3.63, 3.8) is 0 Å². The van der Waals surface area contributed by atoms with Gasteiger partial charge in [0, 0.05) is 11.6 Å². The zero-order valence-corrected chi connectivity index (χ0v) is 10.2. The molecular weight excluding hydrogens is 257 g/mol. The summed E-state index contributed by atoms with van der Waals surface area (Å²) in [5.41, 5.74) is 0.000741. The first kappa shape index (κ1) is 14.0. The molecule has 0 bridgehead atoms. The largest absolute Gasteiger partial charge is 0.504 e. The maximum Gasteiger partial charge on any atom is 0.163 e. The highest BCUT2D eigenvalue weighted by Gasteiger charge is 2.42. The number of phenolic OH excluding ortho intramolecular Hbond substituents is 1. The van der Waals surface area contributed by atoms with Crippen LogP contribution in [0.15, 0.2) is 12.1 Å². The van der Waals surface area contributed by atoms with Crippen LogP contribution in [0.3, 0.4) is 0 Å². The number of aliphatic hydroxyl groups is 3.